The summed E-state index contributed by atoms with van der Waals surface area (Å²) in [5, 5.41) is 14.6. The fraction of sp³-hybridized carbons (Fsp3) is 0.833. The number of hydrogen-bond donors (Lipinski definition) is 3. The van der Waals surface area contributed by atoms with E-state index in [4.69, 9.17) is 5.11 Å². The second-order valence-electron chi connectivity index (χ2n) is 4.43. The van der Waals surface area contributed by atoms with Crippen molar-refractivity contribution in [1.29, 1.82) is 0 Å². The van der Waals surface area contributed by atoms with Gasteiger partial charge in [0.2, 0.25) is 5.91 Å². The first-order valence-electron chi connectivity index (χ1n) is 6.51. The predicted molar refractivity (Wildman–Crippen MR) is 72.8 cm³/mol. The zero-order chi connectivity index (χ0) is 13.2. The third-order valence-electron chi connectivity index (χ3n) is 2.85. The van der Waals surface area contributed by atoms with Gasteiger partial charge in [0, 0.05) is 31.0 Å². The normalized spacial score (nSPS) is 19.4. The minimum Gasteiger partial charge on any atom is -0.481 e. The molecule has 1 aliphatic rings. The molecule has 0 aromatic rings. The second kappa shape index (κ2) is 9.22. The molecule has 0 aromatic carbocycles. The zero-order valence-corrected chi connectivity index (χ0v) is 11.4. The molecule has 1 amide bonds. The van der Waals surface area contributed by atoms with E-state index in [0.29, 0.717) is 6.54 Å². The molecule has 5 nitrogen and oxygen atoms in total. The molecule has 6 heteroatoms. The highest BCUT2D eigenvalue weighted by molar-refractivity contribution is 7.99. The maximum absolute atomic E-state index is 11.7. The molecule has 0 aliphatic carbocycles. The summed E-state index contributed by atoms with van der Waals surface area (Å²) in [6, 6.07) is -0.0456. The number of rotatable bonds is 8. The number of carbonyl (C=O) groups is 2. The van der Waals surface area contributed by atoms with Gasteiger partial charge < -0.3 is 15.7 Å². The molecule has 1 unspecified atom stereocenters. The van der Waals surface area contributed by atoms with Crippen LogP contribution in [-0.4, -0.2) is 47.6 Å². The highest BCUT2D eigenvalue weighted by Gasteiger charge is 2.19. The predicted octanol–water partition coefficient (Wildman–Crippen LogP) is 0.843. The second-order valence-corrected chi connectivity index (χ2v) is 5.58. The van der Waals surface area contributed by atoms with Crippen LogP contribution in [0.2, 0.25) is 0 Å². The first kappa shape index (κ1) is 15.3. The molecule has 1 atom stereocenters. The standard InChI is InChI=1S/C12H22N2O3S/c15-11(16)5-3-1-2-4-6-14-12(17)10-9-18-8-7-13-10/h10,13H,1-9H2,(H,14,17)(H,15,16). The first-order valence-corrected chi connectivity index (χ1v) is 7.66. The van der Waals surface area contributed by atoms with Crippen LogP contribution >= 0.6 is 11.8 Å². The van der Waals surface area contributed by atoms with Gasteiger partial charge in [-0.05, 0) is 12.8 Å². The van der Waals surface area contributed by atoms with E-state index in [0.717, 1.165) is 43.7 Å². The quantitative estimate of drug-likeness (QED) is 0.572. The Bertz CT molecular complexity index is 268. The fourth-order valence-corrected chi connectivity index (χ4v) is 2.76. The summed E-state index contributed by atoms with van der Waals surface area (Å²) in [5.74, 6) is 1.29. The lowest BCUT2D eigenvalue weighted by molar-refractivity contribution is -0.137. The minimum atomic E-state index is -0.732. The van der Waals surface area contributed by atoms with Gasteiger partial charge in [-0.1, -0.05) is 12.8 Å². The third kappa shape index (κ3) is 6.86. The van der Waals surface area contributed by atoms with E-state index >= 15 is 0 Å². The van der Waals surface area contributed by atoms with Crippen LogP contribution < -0.4 is 10.6 Å². The Morgan fingerprint density at radius 2 is 2.06 bits per heavy atom. The Balaban J connectivity index is 1.93. The topological polar surface area (TPSA) is 78.4 Å². The van der Waals surface area contributed by atoms with E-state index in [1.54, 1.807) is 11.8 Å². The fourth-order valence-electron chi connectivity index (χ4n) is 1.82. The lowest BCUT2D eigenvalue weighted by Gasteiger charge is -2.22. The number of hydrogen-bond acceptors (Lipinski definition) is 4. The molecule has 1 rings (SSSR count). The number of amides is 1. The summed E-state index contributed by atoms with van der Waals surface area (Å²) in [6.07, 6.45) is 3.78. The summed E-state index contributed by atoms with van der Waals surface area (Å²) >= 11 is 1.81. The van der Waals surface area contributed by atoms with E-state index < -0.39 is 5.97 Å². The smallest absolute Gasteiger partial charge is 0.303 e. The van der Waals surface area contributed by atoms with Crippen LogP contribution in [-0.2, 0) is 9.59 Å². The monoisotopic (exact) mass is 274 g/mol. The van der Waals surface area contributed by atoms with Crippen LogP contribution in [0.1, 0.15) is 32.1 Å². The average molecular weight is 274 g/mol. The van der Waals surface area contributed by atoms with Gasteiger partial charge >= 0.3 is 5.97 Å². The van der Waals surface area contributed by atoms with Gasteiger partial charge in [0.15, 0.2) is 0 Å². The third-order valence-corrected chi connectivity index (χ3v) is 3.92. The van der Waals surface area contributed by atoms with Crippen LogP contribution in [0.3, 0.4) is 0 Å². The maximum Gasteiger partial charge on any atom is 0.303 e. The molecule has 0 radical (unpaired) electrons. The Kier molecular flexibility index (Phi) is 7.84. The summed E-state index contributed by atoms with van der Waals surface area (Å²) in [6.45, 7) is 1.59. The van der Waals surface area contributed by atoms with Crippen molar-refractivity contribution in [1.82, 2.24) is 10.6 Å². The Morgan fingerprint density at radius 1 is 1.28 bits per heavy atom. The van der Waals surface area contributed by atoms with Crippen LogP contribution in [0.25, 0.3) is 0 Å². The van der Waals surface area contributed by atoms with Crippen LogP contribution in [0, 0.1) is 0 Å². The van der Waals surface area contributed by atoms with Gasteiger partial charge in [0.1, 0.15) is 0 Å². The molecule has 0 bridgehead atoms. The Morgan fingerprint density at radius 3 is 2.72 bits per heavy atom. The number of carbonyl (C=O) groups excluding carboxylic acids is 1. The molecular weight excluding hydrogens is 252 g/mol. The van der Waals surface area contributed by atoms with Crippen LogP contribution in [0.5, 0.6) is 0 Å². The molecule has 104 valence electrons. The Hall–Kier alpha value is -0.750. The molecule has 0 saturated carbocycles. The van der Waals surface area contributed by atoms with E-state index in [2.05, 4.69) is 10.6 Å². The molecule has 1 saturated heterocycles. The molecule has 0 aromatic heterocycles. The lowest BCUT2D eigenvalue weighted by atomic mass is 10.1. The van der Waals surface area contributed by atoms with E-state index in [9.17, 15) is 9.59 Å². The van der Waals surface area contributed by atoms with E-state index in [1.807, 2.05) is 0 Å². The van der Waals surface area contributed by atoms with Gasteiger partial charge in [-0.25, -0.2) is 0 Å². The first-order chi connectivity index (χ1) is 8.70. The van der Waals surface area contributed by atoms with Crippen molar-refractivity contribution in [2.75, 3.05) is 24.6 Å². The lowest BCUT2D eigenvalue weighted by Crippen LogP contribution is -2.49. The van der Waals surface area contributed by atoms with Gasteiger partial charge in [-0.2, -0.15) is 11.8 Å². The summed E-state index contributed by atoms with van der Waals surface area (Å²) < 4.78 is 0. The number of aliphatic carboxylic acids is 1. The number of carboxylic acid groups (broad SMARTS) is 1. The van der Waals surface area contributed by atoms with Crippen LogP contribution in [0.15, 0.2) is 0 Å². The summed E-state index contributed by atoms with van der Waals surface area (Å²) in [7, 11) is 0. The van der Waals surface area contributed by atoms with Crippen molar-refractivity contribution in [3.63, 3.8) is 0 Å². The maximum atomic E-state index is 11.7. The molecule has 1 heterocycles. The van der Waals surface area contributed by atoms with Gasteiger partial charge in [-0.3, -0.25) is 9.59 Å². The number of carboxylic acids is 1. The number of nitrogens with one attached hydrogen (secondary N) is 2. The highest BCUT2D eigenvalue weighted by Crippen LogP contribution is 2.07. The molecule has 18 heavy (non-hydrogen) atoms. The van der Waals surface area contributed by atoms with Gasteiger partial charge in [-0.15, -0.1) is 0 Å². The summed E-state index contributed by atoms with van der Waals surface area (Å²) in [4.78, 5) is 22.0. The Labute approximate surface area is 112 Å². The molecule has 0 spiro atoms. The molecule has 1 aliphatic heterocycles. The van der Waals surface area contributed by atoms with Crippen molar-refractivity contribution in [3.05, 3.63) is 0 Å². The van der Waals surface area contributed by atoms with Crippen molar-refractivity contribution in [2.24, 2.45) is 0 Å². The van der Waals surface area contributed by atoms with Crippen molar-refractivity contribution in [2.45, 2.75) is 38.1 Å². The molecule has 1 fully saturated rings. The highest BCUT2D eigenvalue weighted by atomic mass is 32.2. The minimum absolute atomic E-state index is 0.0456. The number of unbranched alkanes of at least 4 members (excludes halogenated alkanes) is 3. The van der Waals surface area contributed by atoms with Gasteiger partial charge in [0.05, 0.1) is 6.04 Å². The largest absolute Gasteiger partial charge is 0.481 e. The zero-order valence-electron chi connectivity index (χ0n) is 10.6. The van der Waals surface area contributed by atoms with Gasteiger partial charge in [0.25, 0.3) is 0 Å². The molecular formula is C12H22N2O3S. The van der Waals surface area contributed by atoms with Crippen molar-refractivity contribution in [3.8, 4) is 0 Å². The SMILES string of the molecule is O=C(O)CCCCCCNC(=O)C1CSCCN1. The van der Waals surface area contributed by atoms with Crippen molar-refractivity contribution < 1.29 is 14.7 Å². The molecule has 3 N–H and O–H groups in total. The average Bonchev–Trinajstić information content (AvgIpc) is 2.38. The van der Waals surface area contributed by atoms with Crippen molar-refractivity contribution >= 4 is 23.6 Å². The number of thioether (sulfide) groups is 1. The van der Waals surface area contributed by atoms with Crippen LogP contribution in [0.4, 0.5) is 0 Å². The summed E-state index contributed by atoms with van der Waals surface area (Å²) in [5.41, 5.74) is 0. The van der Waals surface area contributed by atoms with E-state index in [-0.39, 0.29) is 18.4 Å². The van der Waals surface area contributed by atoms with E-state index in [1.165, 1.54) is 0 Å².